The van der Waals surface area contributed by atoms with Crippen LogP contribution in [0.1, 0.15) is 123 Å². The first-order chi connectivity index (χ1) is 9.41. The van der Waals surface area contributed by atoms with Gasteiger partial charge in [0.05, 0.1) is 0 Å². The quantitative estimate of drug-likeness (QED) is 0.423. The van der Waals surface area contributed by atoms with Crippen molar-refractivity contribution in [1.29, 1.82) is 0 Å². The Morgan fingerprint density at radius 3 is 0.368 bits per heavy atom. The maximum absolute atomic E-state index is 2.12. The molecule has 0 saturated heterocycles. The average molecular weight is 269 g/mol. The Kier molecular flexibility index (Phi) is 18.0. The lowest BCUT2D eigenvalue weighted by Gasteiger charge is -2.05. The van der Waals surface area contributed by atoms with Gasteiger partial charge in [0.2, 0.25) is 0 Å². The van der Waals surface area contributed by atoms with E-state index in [0.29, 0.717) is 0 Å². The van der Waals surface area contributed by atoms with Crippen LogP contribution in [0, 0.1) is 0 Å². The van der Waals surface area contributed by atoms with Crippen LogP contribution < -0.4 is 0 Å². The van der Waals surface area contributed by atoms with Crippen molar-refractivity contribution in [2.75, 3.05) is 0 Å². The maximum Gasteiger partial charge on any atom is -0.0533 e. The van der Waals surface area contributed by atoms with Gasteiger partial charge >= 0.3 is 0 Å². The molecule has 0 atom stereocenters. The first-order valence-electron chi connectivity index (χ1n) is 9.41. The topological polar surface area (TPSA) is 0 Å². The van der Waals surface area contributed by atoms with E-state index < -0.39 is 0 Å². The fourth-order valence-electron chi connectivity index (χ4n) is 1.000. The van der Waals surface area contributed by atoms with Gasteiger partial charge in [0.1, 0.15) is 0 Å². The van der Waals surface area contributed by atoms with Crippen LogP contribution in [0.15, 0.2) is 0 Å². The summed E-state index contributed by atoms with van der Waals surface area (Å²) in [7, 11) is 0. The molecule has 4 fully saturated rings. The van der Waals surface area contributed by atoms with E-state index in [4.69, 9.17) is 0 Å². The third-order valence-electron chi connectivity index (χ3n) is 4.00. The summed E-state index contributed by atoms with van der Waals surface area (Å²) in [5.41, 5.74) is 0. The normalized spacial score (nSPS) is 21.2. The minimum Gasteiger partial charge on any atom is -0.0656 e. The Morgan fingerprint density at radius 1 is 0.316 bits per heavy atom. The minimum absolute atomic E-state index is 1.25. The molecule has 0 radical (unpaired) electrons. The van der Waals surface area contributed by atoms with Crippen molar-refractivity contribution in [3.8, 4) is 0 Å². The molecule has 0 unspecified atom stereocenters. The molecule has 0 aromatic heterocycles. The molecular weight excluding hydrogens is 228 g/mol. The zero-order valence-corrected chi connectivity index (χ0v) is 14.0. The predicted octanol–water partition coefficient (Wildman–Crippen LogP) is 7.66. The van der Waals surface area contributed by atoms with E-state index in [-0.39, 0.29) is 0 Å². The van der Waals surface area contributed by atoms with Gasteiger partial charge in [-0.15, -0.1) is 0 Å². The lowest BCUT2D eigenvalue weighted by molar-refractivity contribution is 0.504. The average Bonchev–Trinajstić information content (AvgIpc) is 1.87. The Morgan fingerprint density at radius 2 is 0.368 bits per heavy atom. The smallest absolute Gasteiger partial charge is 0.0533 e. The highest BCUT2D eigenvalue weighted by Gasteiger charge is 1.96. The summed E-state index contributed by atoms with van der Waals surface area (Å²) >= 11 is 0. The lowest BCUT2D eigenvalue weighted by Crippen LogP contribution is -1.85. The van der Waals surface area contributed by atoms with Gasteiger partial charge in [0, 0.05) is 0 Å². The van der Waals surface area contributed by atoms with Gasteiger partial charge in [-0.2, -0.15) is 0 Å². The molecule has 0 aliphatic heterocycles. The highest BCUT2D eigenvalue weighted by Crippen LogP contribution is 2.16. The maximum atomic E-state index is 2.12. The second-order valence-electron chi connectivity index (χ2n) is 6.36. The van der Waals surface area contributed by atoms with Gasteiger partial charge in [-0.1, -0.05) is 123 Å². The third-order valence-corrected chi connectivity index (χ3v) is 4.00. The predicted molar refractivity (Wildman–Crippen MR) is 89.8 cm³/mol. The third kappa shape index (κ3) is 18.0. The van der Waals surface area contributed by atoms with Crippen molar-refractivity contribution >= 4 is 0 Å². The molecule has 0 spiro atoms. The van der Waals surface area contributed by atoms with Gasteiger partial charge in [-0.3, -0.25) is 0 Å². The van der Waals surface area contributed by atoms with Gasteiger partial charge in [0.15, 0.2) is 0 Å². The van der Waals surface area contributed by atoms with E-state index >= 15 is 0 Å². The van der Waals surface area contributed by atoms with Crippen LogP contribution in [0.3, 0.4) is 0 Å². The fraction of sp³-hybridized carbons (Fsp3) is 1.00. The second kappa shape index (κ2) is 18.0. The van der Waals surface area contributed by atoms with Crippen LogP contribution in [0.5, 0.6) is 0 Å². The molecule has 4 aliphatic carbocycles. The molecule has 0 amide bonds. The van der Waals surface area contributed by atoms with Crippen molar-refractivity contribution in [1.82, 2.24) is 0 Å². The molecule has 4 rings (SSSR count). The lowest BCUT2D eigenvalue weighted by atomic mass is 10.0. The van der Waals surface area contributed by atoms with Crippen molar-refractivity contribution in [3.63, 3.8) is 0 Å². The van der Waals surface area contributed by atoms with Crippen LogP contribution in [-0.4, -0.2) is 0 Å². The summed E-state index contributed by atoms with van der Waals surface area (Å²) in [5.74, 6) is 0. The molecule has 4 saturated carbocycles. The molecule has 0 heterocycles. The van der Waals surface area contributed by atoms with E-state index in [9.17, 15) is 0 Å². The summed E-state index contributed by atoms with van der Waals surface area (Å²) in [6.45, 7) is 4.25. The summed E-state index contributed by atoms with van der Waals surface area (Å²) in [6.07, 6.45) is 25.2. The number of rotatable bonds is 0. The SMILES string of the molecule is C1CCC1.C1CCC1.C1CCC1.C1CCC1.CCC. The molecule has 0 heteroatoms. The molecule has 0 aromatic rings. The van der Waals surface area contributed by atoms with Crippen LogP contribution in [0.2, 0.25) is 0 Å². The first kappa shape index (κ1) is 19.0. The van der Waals surface area contributed by atoms with E-state index in [1.54, 1.807) is 0 Å². The summed E-state index contributed by atoms with van der Waals surface area (Å²) in [4.78, 5) is 0. The molecular formula is C19H40. The highest BCUT2D eigenvalue weighted by atomic mass is 14.0. The standard InChI is InChI=1S/4C4H8.C3H8/c4*1-2-4-3-1;1-3-2/h4*1-4H2;3H2,1-2H3. The van der Waals surface area contributed by atoms with Crippen LogP contribution in [-0.2, 0) is 0 Å². The van der Waals surface area contributed by atoms with E-state index in [2.05, 4.69) is 13.8 Å². The van der Waals surface area contributed by atoms with E-state index in [0.717, 1.165) is 0 Å². The largest absolute Gasteiger partial charge is 0.0656 e. The Labute approximate surface area is 123 Å². The summed E-state index contributed by atoms with van der Waals surface area (Å²) in [6, 6.07) is 0. The fourth-order valence-corrected chi connectivity index (χ4v) is 1.000. The molecule has 0 nitrogen and oxygen atoms in total. The summed E-state index contributed by atoms with van der Waals surface area (Å²) in [5, 5.41) is 0. The van der Waals surface area contributed by atoms with E-state index in [1.807, 2.05) is 0 Å². The van der Waals surface area contributed by atoms with Gasteiger partial charge in [0.25, 0.3) is 0 Å². The van der Waals surface area contributed by atoms with Crippen molar-refractivity contribution in [3.05, 3.63) is 0 Å². The van der Waals surface area contributed by atoms with Gasteiger partial charge in [-0.05, 0) is 0 Å². The first-order valence-corrected chi connectivity index (χ1v) is 9.41. The molecule has 0 N–H and O–H groups in total. The Hall–Kier alpha value is 0. The van der Waals surface area contributed by atoms with E-state index in [1.165, 1.54) is 109 Å². The summed E-state index contributed by atoms with van der Waals surface area (Å²) < 4.78 is 0. The van der Waals surface area contributed by atoms with Crippen molar-refractivity contribution in [2.45, 2.75) is 123 Å². The van der Waals surface area contributed by atoms with Crippen LogP contribution >= 0.6 is 0 Å². The monoisotopic (exact) mass is 268 g/mol. The zero-order valence-electron chi connectivity index (χ0n) is 14.0. The van der Waals surface area contributed by atoms with Gasteiger partial charge in [-0.25, -0.2) is 0 Å². The number of hydrogen-bond acceptors (Lipinski definition) is 0. The molecule has 116 valence electrons. The zero-order chi connectivity index (χ0) is 14.0. The van der Waals surface area contributed by atoms with Crippen molar-refractivity contribution in [2.24, 2.45) is 0 Å². The number of hydrogen-bond donors (Lipinski definition) is 0. The van der Waals surface area contributed by atoms with Crippen LogP contribution in [0.25, 0.3) is 0 Å². The molecule has 19 heavy (non-hydrogen) atoms. The highest BCUT2D eigenvalue weighted by molar-refractivity contribution is 4.52. The van der Waals surface area contributed by atoms with Crippen LogP contribution in [0.4, 0.5) is 0 Å². The Bertz CT molecular complexity index is 75.0. The molecule has 0 bridgehead atoms. The minimum atomic E-state index is 1.25. The molecule has 0 aromatic carbocycles. The van der Waals surface area contributed by atoms with Gasteiger partial charge < -0.3 is 0 Å². The second-order valence-corrected chi connectivity index (χ2v) is 6.36. The van der Waals surface area contributed by atoms with Crippen molar-refractivity contribution < 1.29 is 0 Å². The Balaban J connectivity index is 0.000000214. The molecule has 4 aliphatic rings.